The predicted molar refractivity (Wildman–Crippen MR) is 70.9 cm³/mol. The molecule has 2 rings (SSSR count). The molecular formula is C13H18N2S. The Morgan fingerprint density at radius 3 is 2.56 bits per heavy atom. The molecule has 3 heteroatoms. The molecule has 0 aliphatic carbocycles. The van der Waals surface area contributed by atoms with E-state index in [0.717, 1.165) is 6.42 Å². The maximum atomic E-state index is 5.58. The fraction of sp³-hybridized carbons (Fsp3) is 0.385. The SMILES string of the molecule is CC(Cc1ccc(CN)cc1)C1NC=CS1. The molecule has 2 atom stereocenters. The Kier molecular flexibility index (Phi) is 3.91. The largest absolute Gasteiger partial charge is 0.378 e. The van der Waals surface area contributed by atoms with E-state index in [2.05, 4.69) is 41.9 Å². The highest BCUT2D eigenvalue weighted by molar-refractivity contribution is 8.02. The summed E-state index contributed by atoms with van der Waals surface area (Å²) < 4.78 is 0. The number of nitrogens with one attached hydrogen (secondary N) is 1. The Balaban J connectivity index is 1.92. The molecule has 0 spiro atoms. The van der Waals surface area contributed by atoms with Gasteiger partial charge in [0, 0.05) is 12.7 Å². The van der Waals surface area contributed by atoms with Gasteiger partial charge in [-0.25, -0.2) is 0 Å². The minimum Gasteiger partial charge on any atom is -0.378 e. The zero-order valence-electron chi connectivity index (χ0n) is 9.52. The Bertz CT molecular complexity index is 351. The summed E-state index contributed by atoms with van der Waals surface area (Å²) in [6, 6.07) is 8.61. The van der Waals surface area contributed by atoms with E-state index >= 15 is 0 Å². The van der Waals surface area contributed by atoms with E-state index < -0.39 is 0 Å². The van der Waals surface area contributed by atoms with Gasteiger partial charge in [-0.3, -0.25) is 0 Å². The highest BCUT2D eigenvalue weighted by Crippen LogP contribution is 2.25. The molecule has 0 saturated carbocycles. The summed E-state index contributed by atoms with van der Waals surface area (Å²) in [6.45, 7) is 2.91. The first-order chi connectivity index (χ1) is 7.79. The first-order valence-corrected chi connectivity index (χ1v) is 6.58. The molecular weight excluding hydrogens is 216 g/mol. The highest BCUT2D eigenvalue weighted by Gasteiger charge is 2.18. The average molecular weight is 234 g/mol. The van der Waals surface area contributed by atoms with Crippen molar-refractivity contribution in [1.29, 1.82) is 0 Å². The van der Waals surface area contributed by atoms with Crippen LogP contribution in [0.3, 0.4) is 0 Å². The predicted octanol–water partition coefficient (Wildman–Crippen LogP) is 2.46. The second-order valence-corrected chi connectivity index (χ2v) is 5.28. The standard InChI is InChI=1S/C13H18N2S/c1-10(13-15-6-7-16-13)8-11-2-4-12(9-14)5-3-11/h2-7,10,13,15H,8-9,14H2,1H3. The first kappa shape index (κ1) is 11.6. The Hall–Kier alpha value is -0.930. The van der Waals surface area contributed by atoms with Crippen LogP contribution in [-0.4, -0.2) is 5.37 Å². The van der Waals surface area contributed by atoms with Gasteiger partial charge >= 0.3 is 0 Å². The maximum Gasteiger partial charge on any atom is 0.0787 e. The van der Waals surface area contributed by atoms with Gasteiger partial charge in [-0.15, -0.1) is 11.8 Å². The van der Waals surface area contributed by atoms with E-state index in [9.17, 15) is 0 Å². The van der Waals surface area contributed by atoms with Gasteiger partial charge in [0.25, 0.3) is 0 Å². The summed E-state index contributed by atoms with van der Waals surface area (Å²) in [5.74, 6) is 0.628. The van der Waals surface area contributed by atoms with Gasteiger partial charge in [-0.05, 0) is 28.9 Å². The van der Waals surface area contributed by atoms with Crippen molar-refractivity contribution in [3.63, 3.8) is 0 Å². The molecule has 86 valence electrons. The average Bonchev–Trinajstić information content (AvgIpc) is 2.83. The van der Waals surface area contributed by atoms with Crippen molar-refractivity contribution < 1.29 is 0 Å². The van der Waals surface area contributed by atoms with Crippen LogP contribution in [0.15, 0.2) is 35.9 Å². The van der Waals surface area contributed by atoms with Crippen molar-refractivity contribution >= 4 is 11.8 Å². The lowest BCUT2D eigenvalue weighted by molar-refractivity contribution is 0.523. The minimum absolute atomic E-state index is 0.522. The molecule has 1 heterocycles. The molecule has 0 saturated heterocycles. The van der Waals surface area contributed by atoms with E-state index in [1.165, 1.54) is 11.1 Å². The van der Waals surface area contributed by atoms with Crippen LogP contribution in [0, 0.1) is 5.92 Å². The molecule has 0 fully saturated rings. The van der Waals surface area contributed by atoms with Crippen LogP contribution in [0.1, 0.15) is 18.1 Å². The number of hydrogen-bond donors (Lipinski definition) is 2. The molecule has 3 N–H and O–H groups in total. The second-order valence-electron chi connectivity index (χ2n) is 4.23. The molecule has 0 aromatic heterocycles. The highest BCUT2D eigenvalue weighted by atomic mass is 32.2. The monoisotopic (exact) mass is 234 g/mol. The lowest BCUT2D eigenvalue weighted by Crippen LogP contribution is -2.25. The molecule has 2 nitrogen and oxygen atoms in total. The Labute approximate surface area is 101 Å². The normalized spacial score (nSPS) is 20.8. The van der Waals surface area contributed by atoms with Crippen LogP contribution in [0.5, 0.6) is 0 Å². The molecule has 0 bridgehead atoms. The number of rotatable bonds is 4. The quantitative estimate of drug-likeness (QED) is 0.840. The van der Waals surface area contributed by atoms with Gasteiger partial charge in [0.15, 0.2) is 0 Å². The van der Waals surface area contributed by atoms with Crippen molar-refractivity contribution in [2.24, 2.45) is 11.7 Å². The Morgan fingerprint density at radius 2 is 2.00 bits per heavy atom. The van der Waals surface area contributed by atoms with Gasteiger partial charge in [-0.1, -0.05) is 31.2 Å². The van der Waals surface area contributed by atoms with Crippen molar-refractivity contribution in [3.05, 3.63) is 47.0 Å². The number of thioether (sulfide) groups is 1. The molecule has 16 heavy (non-hydrogen) atoms. The van der Waals surface area contributed by atoms with Gasteiger partial charge < -0.3 is 11.1 Å². The first-order valence-electron chi connectivity index (χ1n) is 5.64. The van der Waals surface area contributed by atoms with Crippen LogP contribution in [-0.2, 0) is 13.0 Å². The van der Waals surface area contributed by atoms with Gasteiger partial charge in [0.1, 0.15) is 0 Å². The smallest absolute Gasteiger partial charge is 0.0787 e. The summed E-state index contributed by atoms with van der Waals surface area (Å²) in [7, 11) is 0. The van der Waals surface area contributed by atoms with E-state index in [-0.39, 0.29) is 0 Å². The van der Waals surface area contributed by atoms with Gasteiger partial charge in [0.05, 0.1) is 5.37 Å². The third kappa shape index (κ3) is 2.80. The number of nitrogens with two attached hydrogens (primary N) is 1. The summed E-state index contributed by atoms with van der Waals surface area (Å²) in [5, 5.41) is 6.01. The van der Waals surface area contributed by atoms with E-state index in [1.807, 2.05) is 18.0 Å². The zero-order chi connectivity index (χ0) is 11.4. The Morgan fingerprint density at radius 1 is 1.31 bits per heavy atom. The topological polar surface area (TPSA) is 38.0 Å². The van der Waals surface area contributed by atoms with E-state index in [0.29, 0.717) is 17.8 Å². The van der Waals surface area contributed by atoms with Crippen LogP contribution < -0.4 is 11.1 Å². The van der Waals surface area contributed by atoms with Crippen molar-refractivity contribution in [2.45, 2.75) is 25.3 Å². The summed E-state index contributed by atoms with van der Waals surface area (Å²) >= 11 is 1.87. The lowest BCUT2D eigenvalue weighted by atomic mass is 10.00. The van der Waals surface area contributed by atoms with Crippen molar-refractivity contribution in [3.8, 4) is 0 Å². The van der Waals surface area contributed by atoms with Crippen molar-refractivity contribution in [2.75, 3.05) is 0 Å². The number of hydrogen-bond acceptors (Lipinski definition) is 3. The maximum absolute atomic E-state index is 5.58. The van der Waals surface area contributed by atoms with Gasteiger partial charge in [0.2, 0.25) is 0 Å². The summed E-state index contributed by atoms with van der Waals surface area (Å²) in [6.07, 6.45) is 3.14. The molecule has 0 radical (unpaired) electrons. The molecule has 2 unspecified atom stereocenters. The van der Waals surface area contributed by atoms with Crippen molar-refractivity contribution in [1.82, 2.24) is 5.32 Å². The number of benzene rings is 1. The molecule has 1 aromatic carbocycles. The van der Waals surface area contributed by atoms with Gasteiger partial charge in [-0.2, -0.15) is 0 Å². The van der Waals surface area contributed by atoms with Crippen LogP contribution >= 0.6 is 11.8 Å². The minimum atomic E-state index is 0.522. The van der Waals surface area contributed by atoms with Crippen LogP contribution in [0.2, 0.25) is 0 Å². The second kappa shape index (κ2) is 5.41. The zero-order valence-corrected chi connectivity index (χ0v) is 10.3. The third-order valence-corrected chi connectivity index (χ3v) is 4.07. The van der Waals surface area contributed by atoms with E-state index in [1.54, 1.807) is 0 Å². The van der Waals surface area contributed by atoms with Crippen LogP contribution in [0.25, 0.3) is 0 Å². The van der Waals surface area contributed by atoms with Crippen LogP contribution in [0.4, 0.5) is 0 Å². The summed E-state index contributed by atoms with van der Waals surface area (Å²) in [5.41, 5.74) is 8.17. The molecule has 0 amide bonds. The molecule has 1 aliphatic rings. The molecule has 1 aromatic rings. The summed E-state index contributed by atoms with van der Waals surface area (Å²) in [4.78, 5) is 0. The fourth-order valence-electron chi connectivity index (χ4n) is 1.89. The third-order valence-electron chi connectivity index (χ3n) is 2.89. The fourth-order valence-corrected chi connectivity index (χ4v) is 2.73. The lowest BCUT2D eigenvalue weighted by Gasteiger charge is -2.19. The molecule has 1 aliphatic heterocycles. The van der Waals surface area contributed by atoms with E-state index in [4.69, 9.17) is 5.73 Å².